The molecule has 0 aliphatic rings. The molecule has 2 atom stereocenters. The highest BCUT2D eigenvalue weighted by atomic mass is 16.4. The smallest absolute Gasteiger partial charge is 0.315 e. The highest BCUT2D eigenvalue weighted by Gasteiger charge is 2.13. The molecule has 0 aliphatic carbocycles. The number of aliphatic carboxylic acids is 1. The molecule has 1 rings (SSSR count). The van der Waals surface area contributed by atoms with Crippen LogP contribution in [0.5, 0.6) is 0 Å². The van der Waals surface area contributed by atoms with Crippen LogP contribution in [0.15, 0.2) is 24.5 Å². The van der Waals surface area contributed by atoms with E-state index in [2.05, 4.69) is 15.6 Å². The number of amides is 2. The van der Waals surface area contributed by atoms with E-state index in [1.165, 1.54) is 6.92 Å². The van der Waals surface area contributed by atoms with Crippen LogP contribution in [0.3, 0.4) is 0 Å². The SMILES string of the molecule is CC(CNC(=O)NC(C)c1ccncc1)C(=O)O. The average Bonchev–Trinajstić information content (AvgIpc) is 2.36. The van der Waals surface area contributed by atoms with Crippen molar-refractivity contribution in [1.29, 1.82) is 0 Å². The molecule has 2 amide bonds. The number of nitrogens with one attached hydrogen (secondary N) is 2. The van der Waals surface area contributed by atoms with E-state index < -0.39 is 11.9 Å². The molecule has 0 spiro atoms. The Hall–Kier alpha value is -2.11. The molecule has 0 aliphatic heterocycles. The third kappa shape index (κ3) is 4.40. The number of hydrogen-bond acceptors (Lipinski definition) is 3. The van der Waals surface area contributed by atoms with Gasteiger partial charge in [0, 0.05) is 18.9 Å². The van der Waals surface area contributed by atoms with Gasteiger partial charge in [-0.25, -0.2) is 4.79 Å². The summed E-state index contributed by atoms with van der Waals surface area (Å²) in [4.78, 5) is 26.0. The van der Waals surface area contributed by atoms with Gasteiger partial charge in [0.2, 0.25) is 0 Å². The van der Waals surface area contributed by atoms with Gasteiger partial charge < -0.3 is 15.7 Å². The molecule has 1 heterocycles. The number of carbonyl (C=O) groups is 2. The molecular formula is C12H17N3O3. The fourth-order valence-corrected chi connectivity index (χ4v) is 1.32. The van der Waals surface area contributed by atoms with Crippen molar-refractivity contribution in [2.45, 2.75) is 19.9 Å². The van der Waals surface area contributed by atoms with Gasteiger partial charge in [-0.2, -0.15) is 0 Å². The normalized spacial score (nSPS) is 13.4. The lowest BCUT2D eigenvalue weighted by molar-refractivity contribution is -0.140. The highest BCUT2D eigenvalue weighted by molar-refractivity contribution is 5.76. The van der Waals surface area contributed by atoms with Crippen LogP contribution in [0.25, 0.3) is 0 Å². The zero-order chi connectivity index (χ0) is 13.5. The second kappa shape index (κ2) is 6.58. The first-order chi connectivity index (χ1) is 8.50. The minimum atomic E-state index is -0.933. The van der Waals surface area contributed by atoms with Gasteiger partial charge in [0.25, 0.3) is 0 Å². The third-order valence-electron chi connectivity index (χ3n) is 2.54. The first kappa shape index (κ1) is 14.0. The van der Waals surface area contributed by atoms with E-state index in [-0.39, 0.29) is 18.6 Å². The van der Waals surface area contributed by atoms with Crippen LogP contribution in [0.1, 0.15) is 25.5 Å². The summed E-state index contributed by atoms with van der Waals surface area (Å²) in [5, 5.41) is 13.9. The van der Waals surface area contributed by atoms with Crippen LogP contribution in [-0.2, 0) is 4.79 Å². The minimum Gasteiger partial charge on any atom is -0.481 e. The number of aromatic nitrogens is 1. The fraction of sp³-hybridized carbons (Fsp3) is 0.417. The Morgan fingerprint density at radius 2 is 1.94 bits per heavy atom. The number of carboxylic acids is 1. The van der Waals surface area contributed by atoms with Gasteiger partial charge >= 0.3 is 12.0 Å². The molecule has 3 N–H and O–H groups in total. The van der Waals surface area contributed by atoms with E-state index in [1.807, 2.05) is 19.1 Å². The van der Waals surface area contributed by atoms with E-state index in [0.29, 0.717) is 0 Å². The Bertz CT molecular complexity index is 408. The van der Waals surface area contributed by atoms with Gasteiger partial charge in [0.15, 0.2) is 0 Å². The molecule has 6 heteroatoms. The van der Waals surface area contributed by atoms with E-state index in [0.717, 1.165) is 5.56 Å². The topological polar surface area (TPSA) is 91.3 Å². The zero-order valence-corrected chi connectivity index (χ0v) is 10.4. The molecule has 98 valence electrons. The Balaban J connectivity index is 2.39. The molecule has 0 radical (unpaired) electrons. The van der Waals surface area contributed by atoms with E-state index in [9.17, 15) is 9.59 Å². The Labute approximate surface area is 105 Å². The summed E-state index contributed by atoms with van der Waals surface area (Å²) in [5.41, 5.74) is 0.937. The number of rotatable bonds is 5. The predicted molar refractivity (Wildman–Crippen MR) is 66.0 cm³/mol. The molecule has 1 aromatic rings. The molecule has 0 saturated carbocycles. The van der Waals surface area contributed by atoms with E-state index in [1.54, 1.807) is 12.4 Å². The number of carbonyl (C=O) groups excluding carboxylic acids is 1. The standard InChI is InChI=1S/C12H17N3O3/c1-8(11(16)17)7-14-12(18)15-9(2)10-3-5-13-6-4-10/h3-6,8-9H,7H2,1-2H3,(H,16,17)(H2,14,15,18). The molecule has 0 saturated heterocycles. The van der Waals surface area contributed by atoms with Gasteiger partial charge in [-0.3, -0.25) is 9.78 Å². The van der Waals surface area contributed by atoms with Crippen molar-refractivity contribution < 1.29 is 14.7 Å². The monoisotopic (exact) mass is 251 g/mol. The lowest BCUT2D eigenvalue weighted by Crippen LogP contribution is -2.40. The van der Waals surface area contributed by atoms with Crippen molar-refractivity contribution >= 4 is 12.0 Å². The molecular weight excluding hydrogens is 234 g/mol. The summed E-state index contributed by atoms with van der Waals surface area (Å²) < 4.78 is 0. The van der Waals surface area contributed by atoms with E-state index >= 15 is 0 Å². The Morgan fingerprint density at radius 3 is 2.50 bits per heavy atom. The highest BCUT2D eigenvalue weighted by Crippen LogP contribution is 2.09. The van der Waals surface area contributed by atoms with Crippen LogP contribution in [-0.4, -0.2) is 28.6 Å². The summed E-state index contributed by atoms with van der Waals surface area (Å²) in [6.07, 6.45) is 3.30. The van der Waals surface area contributed by atoms with Crippen molar-refractivity contribution in [3.05, 3.63) is 30.1 Å². The van der Waals surface area contributed by atoms with Crippen molar-refractivity contribution in [3.8, 4) is 0 Å². The molecule has 0 fully saturated rings. The number of urea groups is 1. The quantitative estimate of drug-likeness (QED) is 0.732. The molecule has 1 aromatic heterocycles. The summed E-state index contributed by atoms with van der Waals surface area (Å²) in [5.74, 6) is -1.54. The molecule has 2 unspecified atom stereocenters. The fourth-order valence-electron chi connectivity index (χ4n) is 1.32. The lowest BCUT2D eigenvalue weighted by Gasteiger charge is -2.15. The molecule has 0 aromatic carbocycles. The minimum absolute atomic E-state index is 0.101. The maximum atomic E-state index is 11.5. The van der Waals surface area contributed by atoms with Gasteiger partial charge in [0.05, 0.1) is 12.0 Å². The van der Waals surface area contributed by atoms with Crippen molar-refractivity contribution in [2.75, 3.05) is 6.54 Å². The van der Waals surface area contributed by atoms with Gasteiger partial charge in [-0.1, -0.05) is 6.92 Å². The van der Waals surface area contributed by atoms with Crippen LogP contribution in [0, 0.1) is 5.92 Å². The van der Waals surface area contributed by atoms with Crippen molar-refractivity contribution in [3.63, 3.8) is 0 Å². The number of hydrogen-bond donors (Lipinski definition) is 3. The summed E-state index contributed by atoms with van der Waals surface area (Å²) in [6, 6.07) is 3.08. The maximum Gasteiger partial charge on any atom is 0.315 e. The first-order valence-electron chi connectivity index (χ1n) is 5.67. The Morgan fingerprint density at radius 1 is 1.33 bits per heavy atom. The van der Waals surface area contributed by atoms with Crippen LogP contribution < -0.4 is 10.6 Å². The van der Waals surface area contributed by atoms with E-state index in [4.69, 9.17) is 5.11 Å². The average molecular weight is 251 g/mol. The Kier molecular flexibility index (Phi) is 5.10. The van der Waals surface area contributed by atoms with Crippen molar-refractivity contribution in [1.82, 2.24) is 15.6 Å². The number of nitrogens with zero attached hydrogens (tertiary/aromatic N) is 1. The van der Waals surface area contributed by atoms with Gasteiger partial charge in [-0.15, -0.1) is 0 Å². The molecule has 0 bridgehead atoms. The summed E-state index contributed by atoms with van der Waals surface area (Å²) in [6.45, 7) is 3.48. The van der Waals surface area contributed by atoms with Crippen LogP contribution >= 0.6 is 0 Å². The summed E-state index contributed by atoms with van der Waals surface area (Å²) in [7, 11) is 0. The van der Waals surface area contributed by atoms with Gasteiger partial charge in [-0.05, 0) is 24.6 Å². The molecule has 18 heavy (non-hydrogen) atoms. The summed E-state index contributed by atoms with van der Waals surface area (Å²) >= 11 is 0. The van der Waals surface area contributed by atoms with Crippen LogP contribution in [0.2, 0.25) is 0 Å². The second-order valence-corrected chi connectivity index (χ2v) is 4.10. The largest absolute Gasteiger partial charge is 0.481 e. The van der Waals surface area contributed by atoms with Crippen LogP contribution in [0.4, 0.5) is 4.79 Å². The second-order valence-electron chi connectivity index (χ2n) is 4.10. The molecule has 6 nitrogen and oxygen atoms in total. The third-order valence-corrected chi connectivity index (χ3v) is 2.54. The first-order valence-corrected chi connectivity index (χ1v) is 5.67. The lowest BCUT2D eigenvalue weighted by atomic mass is 10.1. The zero-order valence-electron chi connectivity index (χ0n) is 10.4. The number of pyridine rings is 1. The predicted octanol–water partition coefficient (Wildman–Crippen LogP) is 1.16. The van der Waals surface area contributed by atoms with Gasteiger partial charge in [0.1, 0.15) is 0 Å². The maximum absolute atomic E-state index is 11.5. The number of carboxylic acid groups (broad SMARTS) is 1. The van der Waals surface area contributed by atoms with Crippen molar-refractivity contribution in [2.24, 2.45) is 5.92 Å².